The van der Waals surface area contributed by atoms with Gasteiger partial charge in [-0.3, -0.25) is 4.79 Å². The zero-order chi connectivity index (χ0) is 18.0. The molecule has 2 unspecified atom stereocenters. The summed E-state index contributed by atoms with van der Waals surface area (Å²) in [6, 6.07) is 3.59. The fourth-order valence-corrected chi connectivity index (χ4v) is 2.69. The van der Waals surface area contributed by atoms with Crippen molar-refractivity contribution in [3.63, 3.8) is 0 Å². The number of hydrogen-bond donors (Lipinski definition) is 1. The third-order valence-electron chi connectivity index (χ3n) is 3.82. The molecule has 0 spiro atoms. The Morgan fingerprint density at radius 1 is 1.04 bits per heavy atom. The van der Waals surface area contributed by atoms with Crippen LogP contribution in [0.2, 0.25) is 0 Å². The van der Waals surface area contributed by atoms with Crippen LogP contribution in [0, 0.1) is 5.92 Å². The lowest BCUT2D eigenvalue weighted by Gasteiger charge is -2.31. The van der Waals surface area contributed by atoms with Crippen LogP contribution in [0.15, 0.2) is 24.3 Å². The lowest BCUT2D eigenvalue weighted by atomic mass is 9.85. The summed E-state index contributed by atoms with van der Waals surface area (Å²) in [6.45, 7) is 0. The molecule has 1 aliphatic carbocycles. The van der Waals surface area contributed by atoms with Gasteiger partial charge in [-0.15, -0.1) is 13.2 Å². The molecule has 1 aromatic rings. The summed E-state index contributed by atoms with van der Waals surface area (Å²) in [7, 11) is 0. The Kier molecular flexibility index (Phi) is 5.29. The maximum Gasteiger partial charge on any atom is 0.573 e. The number of carbonyl (C=O) groups excluding carboxylic acids is 1. The second kappa shape index (κ2) is 6.90. The normalized spacial score (nSPS) is 22.1. The maximum absolute atomic E-state index is 12.7. The molecular weight excluding hydrogens is 340 g/mol. The van der Waals surface area contributed by atoms with Gasteiger partial charge >= 0.3 is 12.5 Å². The van der Waals surface area contributed by atoms with Gasteiger partial charge in [-0.1, -0.05) is 6.42 Å². The highest BCUT2D eigenvalue weighted by Crippen LogP contribution is 2.37. The standard InChI is InChI=1S/C15H15F6NO2/c16-14(17,18)10-2-1-3-11(8-10)22-13(23)9-4-6-12(7-5-9)24-15(19,20)21/h4-7,10-11H,1-3,8H2,(H,22,23). The van der Waals surface area contributed by atoms with E-state index in [1.807, 2.05) is 0 Å². The van der Waals surface area contributed by atoms with E-state index in [1.165, 1.54) is 0 Å². The SMILES string of the molecule is O=C(NC1CCCC(C(F)(F)F)C1)c1ccc(OC(F)(F)F)cc1. The molecule has 3 nitrogen and oxygen atoms in total. The van der Waals surface area contributed by atoms with Crippen LogP contribution in [0.1, 0.15) is 36.0 Å². The van der Waals surface area contributed by atoms with Gasteiger partial charge in [0.15, 0.2) is 0 Å². The number of ether oxygens (including phenoxy) is 1. The predicted molar refractivity (Wildman–Crippen MR) is 72.4 cm³/mol. The maximum atomic E-state index is 12.7. The van der Waals surface area contributed by atoms with Gasteiger partial charge in [0.2, 0.25) is 0 Å². The van der Waals surface area contributed by atoms with Crippen LogP contribution < -0.4 is 10.1 Å². The second-order valence-corrected chi connectivity index (χ2v) is 5.65. The van der Waals surface area contributed by atoms with Crippen molar-refractivity contribution >= 4 is 5.91 Å². The van der Waals surface area contributed by atoms with Crippen molar-refractivity contribution < 1.29 is 35.9 Å². The Hall–Kier alpha value is -1.93. The first-order chi connectivity index (χ1) is 11.0. The number of halogens is 6. The number of benzene rings is 1. The van der Waals surface area contributed by atoms with E-state index < -0.39 is 36.2 Å². The minimum Gasteiger partial charge on any atom is -0.406 e. The molecular formula is C15H15F6NO2. The average molecular weight is 355 g/mol. The Bertz CT molecular complexity index is 567. The van der Waals surface area contributed by atoms with Crippen LogP contribution in [0.25, 0.3) is 0 Å². The molecule has 0 bridgehead atoms. The summed E-state index contributed by atoms with van der Waals surface area (Å²) in [5.41, 5.74) is 0.0543. The molecule has 0 radical (unpaired) electrons. The summed E-state index contributed by atoms with van der Waals surface area (Å²) in [4.78, 5) is 12.0. The molecule has 0 saturated heterocycles. The molecule has 2 rings (SSSR count). The molecule has 134 valence electrons. The van der Waals surface area contributed by atoms with Gasteiger partial charge in [0, 0.05) is 11.6 Å². The first-order valence-electron chi connectivity index (χ1n) is 7.28. The quantitative estimate of drug-likeness (QED) is 0.815. The molecule has 0 aliphatic heterocycles. The number of hydrogen-bond acceptors (Lipinski definition) is 2. The molecule has 1 aliphatic rings. The Balaban J connectivity index is 1.94. The van der Waals surface area contributed by atoms with Crippen molar-refractivity contribution in [1.29, 1.82) is 0 Å². The van der Waals surface area contributed by atoms with E-state index in [0.717, 1.165) is 24.3 Å². The average Bonchev–Trinajstić information content (AvgIpc) is 2.45. The minimum absolute atomic E-state index is 0.0410. The fourth-order valence-electron chi connectivity index (χ4n) is 2.69. The predicted octanol–water partition coefficient (Wildman–Crippen LogP) is 4.44. The molecule has 1 amide bonds. The van der Waals surface area contributed by atoms with Crippen LogP contribution in [0.5, 0.6) is 5.75 Å². The number of carbonyl (C=O) groups is 1. The first-order valence-corrected chi connectivity index (χ1v) is 7.28. The Morgan fingerprint density at radius 2 is 1.67 bits per heavy atom. The highest BCUT2D eigenvalue weighted by atomic mass is 19.4. The third-order valence-corrected chi connectivity index (χ3v) is 3.82. The van der Waals surface area contributed by atoms with Crippen molar-refractivity contribution in [2.75, 3.05) is 0 Å². The largest absolute Gasteiger partial charge is 0.573 e. The second-order valence-electron chi connectivity index (χ2n) is 5.65. The first kappa shape index (κ1) is 18.4. The van der Waals surface area contributed by atoms with Crippen LogP contribution >= 0.6 is 0 Å². The third kappa shape index (κ3) is 5.31. The summed E-state index contributed by atoms with van der Waals surface area (Å²) < 4.78 is 78.0. The molecule has 0 heterocycles. The zero-order valence-electron chi connectivity index (χ0n) is 12.4. The van der Waals surface area contributed by atoms with E-state index in [-0.39, 0.29) is 18.4 Å². The topological polar surface area (TPSA) is 38.3 Å². The minimum atomic E-state index is -4.83. The summed E-state index contributed by atoms with van der Waals surface area (Å²) in [5.74, 6) is -2.55. The van der Waals surface area contributed by atoms with Gasteiger partial charge in [0.05, 0.1) is 5.92 Å². The highest BCUT2D eigenvalue weighted by molar-refractivity contribution is 5.94. The molecule has 1 saturated carbocycles. The lowest BCUT2D eigenvalue weighted by Crippen LogP contribution is -2.41. The van der Waals surface area contributed by atoms with Crippen LogP contribution in [-0.4, -0.2) is 24.5 Å². The fraction of sp³-hybridized carbons (Fsp3) is 0.533. The molecule has 24 heavy (non-hydrogen) atoms. The van der Waals surface area contributed by atoms with E-state index in [9.17, 15) is 31.1 Å². The van der Waals surface area contributed by atoms with E-state index in [1.54, 1.807) is 0 Å². The van der Waals surface area contributed by atoms with Crippen LogP contribution in [-0.2, 0) is 0 Å². The summed E-state index contributed by atoms with van der Waals surface area (Å²) >= 11 is 0. The number of amides is 1. The Morgan fingerprint density at radius 3 is 2.21 bits per heavy atom. The highest BCUT2D eigenvalue weighted by Gasteiger charge is 2.42. The summed E-state index contributed by atoms with van der Waals surface area (Å²) in [6.07, 6.45) is -8.48. The van der Waals surface area contributed by atoms with Crippen molar-refractivity contribution in [1.82, 2.24) is 5.32 Å². The monoisotopic (exact) mass is 355 g/mol. The zero-order valence-corrected chi connectivity index (χ0v) is 12.4. The van der Waals surface area contributed by atoms with Gasteiger partial charge in [-0.25, -0.2) is 0 Å². The van der Waals surface area contributed by atoms with Gasteiger partial charge < -0.3 is 10.1 Å². The molecule has 9 heteroatoms. The van der Waals surface area contributed by atoms with E-state index in [0.29, 0.717) is 12.8 Å². The van der Waals surface area contributed by atoms with E-state index >= 15 is 0 Å². The van der Waals surface area contributed by atoms with Crippen molar-refractivity contribution in [3.05, 3.63) is 29.8 Å². The molecule has 1 fully saturated rings. The van der Waals surface area contributed by atoms with Gasteiger partial charge in [-0.2, -0.15) is 13.2 Å². The molecule has 2 atom stereocenters. The number of nitrogens with one attached hydrogen (secondary N) is 1. The van der Waals surface area contributed by atoms with E-state index in [4.69, 9.17) is 0 Å². The van der Waals surface area contributed by atoms with Crippen molar-refractivity contribution in [2.24, 2.45) is 5.92 Å². The number of alkyl halides is 6. The Labute approximate surface area is 134 Å². The van der Waals surface area contributed by atoms with Gasteiger partial charge in [0.1, 0.15) is 5.75 Å². The van der Waals surface area contributed by atoms with Crippen LogP contribution in [0.4, 0.5) is 26.3 Å². The van der Waals surface area contributed by atoms with Crippen LogP contribution in [0.3, 0.4) is 0 Å². The molecule has 0 aromatic heterocycles. The van der Waals surface area contributed by atoms with Crippen molar-refractivity contribution in [2.45, 2.75) is 44.3 Å². The van der Waals surface area contributed by atoms with Gasteiger partial charge in [0.25, 0.3) is 5.91 Å². The lowest BCUT2D eigenvalue weighted by molar-refractivity contribution is -0.274. The molecule has 1 N–H and O–H groups in total. The number of rotatable bonds is 3. The smallest absolute Gasteiger partial charge is 0.406 e. The van der Waals surface area contributed by atoms with E-state index in [2.05, 4.69) is 10.1 Å². The van der Waals surface area contributed by atoms with Gasteiger partial charge in [-0.05, 0) is 43.5 Å². The summed E-state index contributed by atoms with van der Waals surface area (Å²) in [5, 5.41) is 2.50. The molecule has 1 aromatic carbocycles. The van der Waals surface area contributed by atoms with Crippen molar-refractivity contribution in [3.8, 4) is 5.75 Å².